The van der Waals surface area contributed by atoms with Crippen LogP contribution in [0.1, 0.15) is 10.4 Å². The van der Waals surface area contributed by atoms with Crippen LogP contribution < -0.4 is 5.32 Å². The second-order valence-corrected chi connectivity index (χ2v) is 6.06. The number of para-hydroxylation sites is 1. The van der Waals surface area contributed by atoms with Crippen molar-refractivity contribution >= 4 is 45.8 Å². The van der Waals surface area contributed by atoms with Gasteiger partial charge in [-0.05, 0) is 18.2 Å². The number of nitrogens with one attached hydrogen (secondary N) is 1. The van der Waals surface area contributed by atoms with Gasteiger partial charge in [-0.15, -0.1) is 15.3 Å². The normalized spacial score (nSPS) is 11.0. The number of rotatable bonds is 4. The first kappa shape index (κ1) is 16.4. The molecule has 9 nitrogen and oxygen atoms in total. The van der Waals surface area contributed by atoms with E-state index in [4.69, 9.17) is 23.2 Å². The Kier molecular flexibility index (Phi) is 4.23. The molecule has 0 aliphatic heterocycles. The van der Waals surface area contributed by atoms with Gasteiger partial charge in [0.15, 0.2) is 10.3 Å². The molecule has 11 heteroatoms. The van der Waals surface area contributed by atoms with Crippen LogP contribution in [0, 0.1) is 0 Å². The molecule has 0 saturated carbocycles. The van der Waals surface area contributed by atoms with E-state index in [1.807, 2.05) is 24.3 Å². The highest BCUT2D eigenvalue weighted by molar-refractivity contribution is 6.34. The lowest BCUT2D eigenvalue weighted by Crippen LogP contribution is -2.13. The van der Waals surface area contributed by atoms with Crippen LogP contribution in [0.2, 0.25) is 10.3 Å². The fourth-order valence-corrected chi connectivity index (χ4v) is 2.70. The van der Waals surface area contributed by atoms with Crippen LogP contribution in [0.4, 0.5) is 5.69 Å². The molecule has 0 atom stereocenters. The molecule has 0 aliphatic rings. The smallest absolute Gasteiger partial charge is 0.259 e. The van der Waals surface area contributed by atoms with E-state index in [9.17, 15) is 4.79 Å². The summed E-state index contributed by atoms with van der Waals surface area (Å²) in [5.41, 5.74) is 2.30. The van der Waals surface area contributed by atoms with Gasteiger partial charge < -0.3 is 5.32 Å². The second kappa shape index (κ2) is 6.70. The highest BCUT2D eigenvalue weighted by atomic mass is 35.5. The van der Waals surface area contributed by atoms with Gasteiger partial charge >= 0.3 is 0 Å². The molecule has 26 heavy (non-hydrogen) atoms. The number of amides is 1. The molecule has 3 aromatic heterocycles. The average Bonchev–Trinajstić information content (AvgIpc) is 3.25. The van der Waals surface area contributed by atoms with Crippen molar-refractivity contribution in [2.45, 2.75) is 6.67 Å². The van der Waals surface area contributed by atoms with E-state index in [-0.39, 0.29) is 15.9 Å². The van der Waals surface area contributed by atoms with Gasteiger partial charge in [0.2, 0.25) is 0 Å². The molecule has 4 rings (SSSR count). The molecule has 0 saturated heterocycles. The first-order chi connectivity index (χ1) is 12.6. The standard InChI is InChI=1S/C15H10Cl2N8O/c16-13-5-10(14(17)22-21-13)15(26)19-9-6-18-24(7-9)8-25-12-4-2-1-3-11(12)20-23-25/h1-7H,8H2,(H,19,26). The van der Waals surface area contributed by atoms with Crippen LogP contribution in [0.5, 0.6) is 0 Å². The van der Waals surface area contributed by atoms with Crippen molar-refractivity contribution in [3.05, 3.63) is 58.6 Å². The Morgan fingerprint density at radius 3 is 2.88 bits per heavy atom. The number of anilines is 1. The van der Waals surface area contributed by atoms with E-state index >= 15 is 0 Å². The van der Waals surface area contributed by atoms with E-state index in [1.54, 1.807) is 15.6 Å². The first-order valence-corrected chi connectivity index (χ1v) is 8.16. The van der Waals surface area contributed by atoms with Crippen molar-refractivity contribution < 1.29 is 4.79 Å². The summed E-state index contributed by atoms with van der Waals surface area (Å²) in [6.07, 6.45) is 3.18. The summed E-state index contributed by atoms with van der Waals surface area (Å²) in [7, 11) is 0. The average molecular weight is 389 g/mol. The van der Waals surface area contributed by atoms with Crippen LogP contribution in [-0.2, 0) is 6.67 Å². The van der Waals surface area contributed by atoms with Gasteiger partial charge in [-0.25, -0.2) is 9.36 Å². The highest BCUT2D eigenvalue weighted by Crippen LogP contribution is 2.17. The Bertz CT molecular complexity index is 1110. The third-order valence-electron chi connectivity index (χ3n) is 3.55. The van der Waals surface area contributed by atoms with Gasteiger partial charge in [-0.3, -0.25) is 4.79 Å². The first-order valence-electron chi connectivity index (χ1n) is 7.41. The number of carbonyl (C=O) groups is 1. The molecule has 0 radical (unpaired) electrons. The van der Waals surface area contributed by atoms with Gasteiger partial charge in [0.1, 0.15) is 12.2 Å². The van der Waals surface area contributed by atoms with Crippen molar-refractivity contribution in [1.82, 2.24) is 35.0 Å². The number of aromatic nitrogens is 7. The summed E-state index contributed by atoms with van der Waals surface area (Å²) in [6, 6.07) is 8.95. The third-order valence-corrected chi connectivity index (χ3v) is 4.02. The summed E-state index contributed by atoms with van der Waals surface area (Å²) >= 11 is 11.6. The quantitative estimate of drug-likeness (QED) is 0.575. The minimum absolute atomic E-state index is 0.0339. The lowest BCUT2D eigenvalue weighted by molar-refractivity contribution is 0.102. The predicted molar refractivity (Wildman–Crippen MR) is 95.2 cm³/mol. The molecule has 3 heterocycles. The Morgan fingerprint density at radius 2 is 2.00 bits per heavy atom. The maximum Gasteiger partial charge on any atom is 0.259 e. The maximum atomic E-state index is 12.3. The van der Waals surface area contributed by atoms with E-state index in [1.165, 1.54) is 12.3 Å². The van der Waals surface area contributed by atoms with E-state index < -0.39 is 5.91 Å². The van der Waals surface area contributed by atoms with Crippen LogP contribution in [0.15, 0.2) is 42.7 Å². The molecule has 0 spiro atoms. The number of benzene rings is 1. The summed E-state index contributed by atoms with van der Waals surface area (Å²) in [5, 5.41) is 22.3. The number of hydrogen-bond donors (Lipinski definition) is 1. The molecule has 0 fully saturated rings. The van der Waals surface area contributed by atoms with Crippen LogP contribution in [-0.4, -0.2) is 40.9 Å². The maximum absolute atomic E-state index is 12.3. The van der Waals surface area contributed by atoms with Crippen molar-refractivity contribution in [2.24, 2.45) is 0 Å². The fourth-order valence-electron chi connectivity index (χ4n) is 2.38. The molecular weight excluding hydrogens is 379 g/mol. The molecular formula is C15H10Cl2N8O. The molecule has 1 N–H and O–H groups in total. The van der Waals surface area contributed by atoms with Crippen LogP contribution in [0.3, 0.4) is 0 Å². The summed E-state index contributed by atoms with van der Waals surface area (Å²) in [4.78, 5) is 12.3. The molecule has 4 aromatic rings. The largest absolute Gasteiger partial charge is 0.319 e. The van der Waals surface area contributed by atoms with Gasteiger partial charge in [-0.1, -0.05) is 40.5 Å². The number of fused-ring (bicyclic) bond motifs is 1. The topological polar surface area (TPSA) is 103 Å². The Morgan fingerprint density at radius 1 is 1.15 bits per heavy atom. The van der Waals surface area contributed by atoms with Gasteiger partial charge in [0.25, 0.3) is 5.91 Å². The van der Waals surface area contributed by atoms with Gasteiger partial charge in [0.05, 0.1) is 29.2 Å². The molecule has 1 amide bonds. The SMILES string of the molecule is O=C(Nc1cnn(Cn2nnc3ccccc32)c1)c1cc(Cl)nnc1Cl. The minimum Gasteiger partial charge on any atom is -0.319 e. The molecule has 1 aromatic carbocycles. The van der Waals surface area contributed by atoms with Crippen LogP contribution in [0.25, 0.3) is 11.0 Å². The van der Waals surface area contributed by atoms with Crippen molar-refractivity contribution in [3.63, 3.8) is 0 Å². The highest BCUT2D eigenvalue weighted by Gasteiger charge is 2.14. The van der Waals surface area contributed by atoms with E-state index in [0.29, 0.717) is 12.4 Å². The molecule has 0 unspecified atom stereocenters. The molecule has 0 bridgehead atoms. The lowest BCUT2D eigenvalue weighted by atomic mass is 10.3. The zero-order chi connectivity index (χ0) is 18.1. The monoisotopic (exact) mass is 388 g/mol. The van der Waals surface area contributed by atoms with Crippen molar-refractivity contribution in [3.8, 4) is 0 Å². The fraction of sp³-hybridized carbons (Fsp3) is 0.0667. The molecule has 0 aliphatic carbocycles. The Labute approximate surface area is 156 Å². The summed E-state index contributed by atoms with van der Waals surface area (Å²) < 4.78 is 3.33. The lowest BCUT2D eigenvalue weighted by Gasteiger charge is -2.04. The van der Waals surface area contributed by atoms with Gasteiger partial charge in [0, 0.05) is 0 Å². The predicted octanol–water partition coefficient (Wildman–Crippen LogP) is 2.48. The Hall–Kier alpha value is -3.04. The van der Waals surface area contributed by atoms with Crippen molar-refractivity contribution in [2.75, 3.05) is 5.32 Å². The number of hydrogen-bond acceptors (Lipinski definition) is 6. The second-order valence-electron chi connectivity index (χ2n) is 5.31. The number of carbonyl (C=O) groups excluding carboxylic acids is 1. The number of halogens is 2. The summed E-state index contributed by atoms with van der Waals surface area (Å²) in [6.45, 7) is 0.347. The van der Waals surface area contributed by atoms with E-state index in [0.717, 1.165) is 11.0 Å². The zero-order valence-electron chi connectivity index (χ0n) is 13.0. The van der Waals surface area contributed by atoms with Crippen LogP contribution >= 0.6 is 23.2 Å². The molecule has 130 valence electrons. The third kappa shape index (κ3) is 3.22. The zero-order valence-corrected chi connectivity index (χ0v) is 14.6. The minimum atomic E-state index is -0.461. The van der Waals surface area contributed by atoms with Crippen molar-refractivity contribution in [1.29, 1.82) is 0 Å². The van der Waals surface area contributed by atoms with E-state index in [2.05, 4.69) is 30.9 Å². The summed E-state index contributed by atoms with van der Waals surface area (Å²) in [5.74, 6) is -0.461. The Balaban J connectivity index is 1.51. The number of nitrogens with zero attached hydrogens (tertiary/aromatic N) is 7. The van der Waals surface area contributed by atoms with Gasteiger partial charge in [-0.2, -0.15) is 5.10 Å².